The van der Waals surface area contributed by atoms with Crippen molar-refractivity contribution in [1.29, 1.82) is 0 Å². The number of imidazole rings is 1. The van der Waals surface area contributed by atoms with Crippen molar-refractivity contribution in [1.82, 2.24) is 25.9 Å². The van der Waals surface area contributed by atoms with Gasteiger partial charge >= 0.3 is 5.97 Å². The molecular weight excluding hydrogens is 428 g/mol. The fourth-order valence-electron chi connectivity index (χ4n) is 2.59. The van der Waals surface area contributed by atoms with Gasteiger partial charge in [-0.3, -0.25) is 14.4 Å². The number of rotatable bonds is 13. The first-order chi connectivity index (χ1) is 14.6. The summed E-state index contributed by atoms with van der Waals surface area (Å²) in [5.74, 6) is -3.63. The smallest absolute Gasteiger partial charge is 0.328 e. The van der Waals surface area contributed by atoms with Gasteiger partial charge in [0.1, 0.15) is 18.1 Å². The van der Waals surface area contributed by atoms with E-state index in [2.05, 4.69) is 38.5 Å². The number of carboxylic acid groups (broad SMARTS) is 1. The van der Waals surface area contributed by atoms with Gasteiger partial charge in [0.2, 0.25) is 17.7 Å². The van der Waals surface area contributed by atoms with Crippen LogP contribution in [0.1, 0.15) is 26.0 Å². The number of thiol groups is 1. The van der Waals surface area contributed by atoms with Crippen LogP contribution in [0.4, 0.5) is 0 Å². The summed E-state index contributed by atoms with van der Waals surface area (Å²) in [5, 5.41) is 25.5. The number of nitrogens with zero attached hydrogens (tertiary/aromatic N) is 1. The summed E-state index contributed by atoms with van der Waals surface area (Å²) in [7, 11) is 0. The number of carbonyl (C=O) groups is 4. The molecule has 0 radical (unpaired) electrons. The van der Waals surface area contributed by atoms with E-state index >= 15 is 0 Å². The van der Waals surface area contributed by atoms with E-state index in [1.54, 1.807) is 6.92 Å². The van der Waals surface area contributed by atoms with E-state index in [0.717, 1.165) is 0 Å². The number of aliphatic hydroxyl groups is 1. The van der Waals surface area contributed by atoms with Crippen LogP contribution in [0.15, 0.2) is 12.5 Å². The van der Waals surface area contributed by atoms with Crippen LogP contribution in [0, 0.1) is 5.92 Å². The Kier molecular flexibility index (Phi) is 11.0. The molecule has 0 aliphatic carbocycles. The van der Waals surface area contributed by atoms with Gasteiger partial charge in [-0.05, 0) is 5.92 Å². The minimum Gasteiger partial charge on any atom is -0.480 e. The van der Waals surface area contributed by atoms with Gasteiger partial charge < -0.3 is 36.9 Å². The van der Waals surface area contributed by atoms with Gasteiger partial charge in [-0.2, -0.15) is 12.6 Å². The molecule has 174 valence electrons. The highest BCUT2D eigenvalue weighted by molar-refractivity contribution is 7.80. The van der Waals surface area contributed by atoms with Gasteiger partial charge in [-0.25, -0.2) is 9.78 Å². The maximum Gasteiger partial charge on any atom is 0.328 e. The lowest BCUT2D eigenvalue weighted by Crippen LogP contribution is -2.59. The molecule has 0 aliphatic heterocycles. The minimum atomic E-state index is -1.54. The second-order valence-corrected chi connectivity index (χ2v) is 7.45. The third kappa shape index (κ3) is 8.19. The van der Waals surface area contributed by atoms with E-state index in [9.17, 15) is 19.2 Å². The third-order valence-electron chi connectivity index (χ3n) is 4.74. The molecule has 1 aromatic heterocycles. The SMILES string of the molecule is CCC(C)C(NC(=O)C(N)CS)C(=O)NC(Cc1cnc[nH]1)C(=O)NC(CO)C(=O)O. The van der Waals surface area contributed by atoms with Crippen molar-refractivity contribution in [3.05, 3.63) is 18.2 Å². The zero-order chi connectivity index (χ0) is 23.6. The average molecular weight is 459 g/mol. The summed E-state index contributed by atoms with van der Waals surface area (Å²) in [5.41, 5.74) is 6.18. The normalized spacial score (nSPS) is 15.8. The lowest BCUT2D eigenvalue weighted by atomic mass is 9.97. The van der Waals surface area contributed by atoms with Crippen LogP contribution in [-0.2, 0) is 25.6 Å². The van der Waals surface area contributed by atoms with Crippen molar-refractivity contribution in [2.24, 2.45) is 11.7 Å². The Labute approximate surface area is 185 Å². The van der Waals surface area contributed by atoms with E-state index in [4.69, 9.17) is 15.9 Å². The molecule has 1 aromatic rings. The van der Waals surface area contributed by atoms with Crippen LogP contribution in [0.3, 0.4) is 0 Å². The first-order valence-electron chi connectivity index (χ1n) is 9.72. The molecule has 0 aromatic carbocycles. The average Bonchev–Trinajstić information content (AvgIpc) is 3.26. The van der Waals surface area contributed by atoms with Crippen molar-refractivity contribution >= 4 is 36.3 Å². The molecule has 13 heteroatoms. The van der Waals surface area contributed by atoms with Crippen LogP contribution in [0.2, 0.25) is 0 Å². The number of amides is 3. The molecule has 0 saturated carbocycles. The van der Waals surface area contributed by atoms with E-state index in [1.165, 1.54) is 12.5 Å². The third-order valence-corrected chi connectivity index (χ3v) is 5.13. The summed E-state index contributed by atoms with van der Waals surface area (Å²) >= 11 is 3.98. The molecule has 3 amide bonds. The number of carboxylic acids is 1. The number of H-pyrrole nitrogens is 1. The Morgan fingerprint density at radius 2 is 1.81 bits per heavy atom. The lowest BCUT2D eigenvalue weighted by Gasteiger charge is -2.27. The standard InChI is InChI=1S/C18H30N6O6S/c1-3-9(2)14(24-15(26)11(19)7-31)17(28)22-12(4-10-5-20-8-21-10)16(27)23-13(6-25)18(29)30/h5,8-9,11-14,25,31H,3-4,6-7,19H2,1-2H3,(H,20,21)(H,22,28)(H,23,27)(H,24,26)(H,29,30). The molecule has 8 N–H and O–H groups in total. The van der Waals surface area contributed by atoms with Crippen molar-refractivity contribution in [3.63, 3.8) is 0 Å². The Balaban J connectivity index is 3.04. The van der Waals surface area contributed by atoms with Crippen LogP contribution in [0.5, 0.6) is 0 Å². The topological polar surface area (TPSA) is 200 Å². The molecule has 0 aliphatic rings. The molecule has 12 nitrogen and oxygen atoms in total. The molecule has 5 unspecified atom stereocenters. The van der Waals surface area contributed by atoms with Crippen molar-refractivity contribution in [2.45, 2.75) is 50.9 Å². The second-order valence-electron chi connectivity index (χ2n) is 7.08. The zero-order valence-corrected chi connectivity index (χ0v) is 18.3. The molecular formula is C18H30N6O6S. The Hall–Kier alpha value is -2.64. The summed E-state index contributed by atoms with van der Waals surface area (Å²) in [6.07, 6.45) is 3.37. The number of nitrogens with two attached hydrogens (primary N) is 1. The zero-order valence-electron chi connectivity index (χ0n) is 17.4. The van der Waals surface area contributed by atoms with Gasteiger partial charge in [0.25, 0.3) is 0 Å². The summed E-state index contributed by atoms with van der Waals surface area (Å²) < 4.78 is 0. The lowest BCUT2D eigenvalue weighted by molar-refractivity contribution is -0.143. The predicted octanol–water partition coefficient (Wildman–Crippen LogP) is -2.21. The number of aromatic nitrogens is 2. The molecule has 31 heavy (non-hydrogen) atoms. The number of nitrogens with one attached hydrogen (secondary N) is 4. The fourth-order valence-corrected chi connectivity index (χ4v) is 2.76. The quantitative estimate of drug-likeness (QED) is 0.152. The van der Waals surface area contributed by atoms with Crippen molar-refractivity contribution in [2.75, 3.05) is 12.4 Å². The second kappa shape index (κ2) is 12.9. The number of aliphatic hydroxyl groups excluding tert-OH is 1. The highest BCUT2D eigenvalue weighted by atomic mass is 32.1. The van der Waals surface area contributed by atoms with E-state index in [0.29, 0.717) is 12.1 Å². The Bertz CT molecular complexity index is 746. The molecule has 0 bridgehead atoms. The monoisotopic (exact) mass is 458 g/mol. The number of carbonyl (C=O) groups excluding carboxylic acids is 3. The number of aliphatic carboxylic acids is 1. The summed E-state index contributed by atoms with van der Waals surface area (Å²) in [6.45, 7) is 2.77. The van der Waals surface area contributed by atoms with E-state index in [-0.39, 0.29) is 18.1 Å². The molecule has 0 fully saturated rings. The summed E-state index contributed by atoms with van der Waals surface area (Å²) in [6, 6.07) is -4.61. The van der Waals surface area contributed by atoms with Crippen LogP contribution < -0.4 is 21.7 Å². The van der Waals surface area contributed by atoms with E-state index in [1.807, 2.05) is 6.92 Å². The molecule has 0 saturated heterocycles. The van der Waals surface area contributed by atoms with E-state index < -0.39 is 54.5 Å². The largest absolute Gasteiger partial charge is 0.480 e. The van der Waals surface area contributed by atoms with Gasteiger partial charge in [-0.15, -0.1) is 0 Å². The number of hydrogen-bond acceptors (Lipinski definition) is 8. The first kappa shape index (κ1) is 26.4. The Morgan fingerprint density at radius 1 is 1.16 bits per heavy atom. The van der Waals surface area contributed by atoms with Crippen LogP contribution in [-0.4, -0.2) is 80.4 Å². The Morgan fingerprint density at radius 3 is 2.29 bits per heavy atom. The van der Waals surface area contributed by atoms with Crippen molar-refractivity contribution < 1.29 is 29.4 Å². The molecule has 5 atom stereocenters. The maximum atomic E-state index is 13.0. The van der Waals surface area contributed by atoms with Crippen LogP contribution in [0.25, 0.3) is 0 Å². The van der Waals surface area contributed by atoms with Crippen molar-refractivity contribution in [3.8, 4) is 0 Å². The van der Waals surface area contributed by atoms with Gasteiger partial charge in [0, 0.05) is 24.1 Å². The molecule has 1 rings (SSSR count). The van der Waals surface area contributed by atoms with Gasteiger partial charge in [0.05, 0.1) is 19.0 Å². The van der Waals surface area contributed by atoms with Gasteiger partial charge in [0.15, 0.2) is 0 Å². The minimum absolute atomic E-state index is 0.0212. The number of hydrogen-bond donors (Lipinski definition) is 8. The summed E-state index contributed by atoms with van der Waals surface area (Å²) in [4.78, 5) is 55.6. The molecule has 1 heterocycles. The highest BCUT2D eigenvalue weighted by Gasteiger charge is 2.32. The first-order valence-corrected chi connectivity index (χ1v) is 10.4. The molecule has 0 spiro atoms. The predicted molar refractivity (Wildman–Crippen MR) is 114 cm³/mol. The maximum absolute atomic E-state index is 13.0. The highest BCUT2D eigenvalue weighted by Crippen LogP contribution is 2.10. The van der Waals surface area contributed by atoms with Gasteiger partial charge in [-0.1, -0.05) is 20.3 Å². The fraction of sp³-hybridized carbons (Fsp3) is 0.611. The van der Waals surface area contributed by atoms with Crippen LogP contribution >= 0.6 is 12.6 Å². The number of aromatic amines is 1.